The number of hydrogen-bond donors (Lipinski definition) is 0. The van der Waals surface area contributed by atoms with Crippen LogP contribution in [-0.4, -0.2) is 6.10 Å². The van der Waals surface area contributed by atoms with Crippen LogP contribution in [-0.2, 0) is 4.74 Å². The first-order chi connectivity index (χ1) is 11.2. The molecule has 1 rings (SSSR count). The summed E-state index contributed by atoms with van der Waals surface area (Å²) in [7, 11) is 0. The van der Waals surface area contributed by atoms with Crippen molar-refractivity contribution in [2.75, 3.05) is 0 Å². The monoisotopic (exact) mass is 312 g/mol. The summed E-state index contributed by atoms with van der Waals surface area (Å²) in [5.41, 5.74) is 2.47. The highest BCUT2D eigenvalue weighted by molar-refractivity contribution is 5.44. The van der Waals surface area contributed by atoms with Crippen molar-refractivity contribution in [3.8, 4) is 0 Å². The predicted octanol–water partition coefficient (Wildman–Crippen LogP) is 6.82. The largest absolute Gasteiger partial charge is 0.495 e. The van der Waals surface area contributed by atoms with E-state index in [1.807, 2.05) is 0 Å². The lowest BCUT2D eigenvalue weighted by molar-refractivity contribution is 0.114. The minimum Gasteiger partial charge on any atom is -0.495 e. The maximum Gasteiger partial charge on any atom is 0.105 e. The molecule has 1 unspecified atom stereocenters. The zero-order chi connectivity index (χ0) is 16.9. The van der Waals surface area contributed by atoms with Crippen molar-refractivity contribution < 1.29 is 4.74 Å². The molecule has 0 aliphatic heterocycles. The van der Waals surface area contributed by atoms with Crippen LogP contribution in [0.4, 0.5) is 0 Å². The second kappa shape index (κ2) is 11.8. The first-order valence-corrected chi connectivity index (χ1v) is 8.82. The highest BCUT2D eigenvalue weighted by Crippen LogP contribution is 2.24. The van der Waals surface area contributed by atoms with Crippen LogP contribution in [0.15, 0.2) is 72.6 Å². The van der Waals surface area contributed by atoms with Crippen LogP contribution in [0.2, 0.25) is 0 Å². The van der Waals surface area contributed by atoms with E-state index < -0.39 is 0 Å². The number of hydrogen-bond acceptors (Lipinski definition) is 1. The standard InChI is InChI=1S/C22H32O/c1-5-7-9-11-14-20(4)23-22(16-10-8-6-2)18-17-21-15-12-13-19(21)3/h5,7-8,10,12-13,17,22H,3-4,6,9,11,14-16,18H2,1-2H3/b7-5-,10-8-,21-17+. The molecule has 0 spiro atoms. The maximum absolute atomic E-state index is 6.11. The Morgan fingerprint density at radius 1 is 1.30 bits per heavy atom. The van der Waals surface area contributed by atoms with Crippen molar-refractivity contribution in [2.45, 2.75) is 64.9 Å². The first kappa shape index (κ1) is 19.3. The molecule has 0 fully saturated rings. The Morgan fingerprint density at radius 2 is 2.13 bits per heavy atom. The molecule has 126 valence electrons. The fraction of sp³-hybridized carbons (Fsp3) is 0.455. The fourth-order valence-electron chi connectivity index (χ4n) is 2.54. The van der Waals surface area contributed by atoms with Crippen molar-refractivity contribution >= 4 is 0 Å². The summed E-state index contributed by atoms with van der Waals surface area (Å²) in [4.78, 5) is 0. The molecule has 0 N–H and O–H groups in total. The van der Waals surface area contributed by atoms with Gasteiger partial charge in [0.15, 0.2) is 0 Å². The Balaban J connectivity index is 2.49. The number of rotatable bonds is 11. The Kier molecular flexibility index (Phi) is 9.86. The maximum atomic E-state index is 6.11. The van der Waals surface area contributed by atoms with Gasteiger partial charge in [0.2, 0.25) is 0 Å². The molecule has 1 heteroatoms. The summed E-state index contributed by atoms with van der Waals surface area (Å²) in [6.45, 7) is 12.4. The Bertz CT molecular complexity index is 488. The lowest BCUT2D eigenvalue weighted by atomic mass is 10.1. The molecular formula is C22H32O. The number of allylic oxidation sites excluding steroid dienone is 8. The van der Waals surface area contributed by atoms with Crippen LogP contribution in [0.5, 0.6) is 0 Å². The van der Waals surface area contributed by atoms with Gasteiger partial charge >= 0.3 is 0 Å². The molecule has 23 heavy (non-hydrogen) atoms. The van der Waals surface area contributed by atoms with Gasteiger partial charge in [0.05, 0.1) is 5.76 Å². The van der Waals surface area contributed by atoms with Crippen molar-refractivity contribution in [3.63, 3.8) is 0 Å². The average Bonchev–Trinajstić information content (AvgIpc) is 2.94. The first-order valence-electron chi connectivity index (χ1n) is 8.82. The van der Waals surface area contributed by atoms with Gasteiger partial charge < -0.3 is 4.74 Å². The van der Waals surface area contributed by atoms with E-state index in [9.17, 15) is 0 Å². The third kappa shape index (κ3) is 8.44. The quantitative estimate of drug-likeness (QED) is 0.231. The molecular weight excluding hydrogens is 280 g/mol. The summed E-state index contributed by atoms with van der Waals surface area (Å²) in [6.07, 6.45) is 22.5. The number of ether oxygens (including phenoxy) is 1. The third-order valence-corrected chi connectivity index (χ3v) is 3.89. The smallest absolute Gasteiger partial charge is 0.105 e. The van der Waals surface area contributed by atoms with E-state index in [4.69, 9.17) is 4.74 Å². The zero-order valence-electron chi connectivity index (χ0n) is 14.9. The summed E-state index contributed by atoms with van der Waals surface area (Å²) in [5, 5.41) is 0. The highest BCUT2D eigenvalue weighted by atomic mass is 16.5. The van der Waals surface area contributed by atoms with E-state index in [-0.39, 0.29) is 6.10 Å². The number of unbranched alkanes of at least 4 members (excludes halogenated alkanes) is 1. The van der Waals surface area contributed by atoms with Gasteiger partial charge in [-0.15, -0.1) is 0 Å². The summed E-state index contributed by atoms with van der Waals surface area (Å²) in [6, 6.07) is 0. The Morgan fingerprint density at radius 3 is 2.78 bits per heavy atom. The fourth-order valence-corrected chi connectivity index (χ4v) is 2.54. The van der Waals surface area contributed by atoms with Gasteiger partial charge in [-0.1, -0.05) is 62.6 Å². The minimum atomic E-state index is 0.174. The van der Waals surface area contributed by atoms with Crippen molar-refractivity contribution in [1.82, 2.24) is 0 Å². The minimum absolute atomic E-state index is 0.174. The van der Waals surface area contributed by atoms with Crippen LogP contribution in [0, 0.1) is 0 Å². The van der Waals surface area contributed by atoms with Gasteiger partial charge in [-0.05, 0) is 43.8 Å². The lowest BCUT2D eigenvalue weighted by Gasteiger charge is -2.18. The van der Waals surface area contributed by atoms with E-state index in [1.165, 1.54) is 5.57 Å². The van der Waals surface area contributed by atoms with Crippen LogP contribution in [0.25, 0.3) is 0 Å². The molecule has 1 nitrogen and oxygen atoms in total. The van der Waals surface area contributed by atoms with E-state index in [2.05, 4.69) is 69.5 Å². The summed E-state index contributed by atoms with van der Waals surface area (Å²) in [5.74, 6) is 0.908. The zero-order valence-corrected chi connectivity index (χ0v) is 14.9. The molecule has 0 aromatic rings. The molecule has 0 saturated heterocycles. The molecule has 0 radical (unpaired) electrons. The van der Waals surface area contributed by atoms with Crippen molar-refractivity contribution in [1.29, 1.82) is 0 Å². The van der Waals surface area contributed by atoms with Crippen LogP contribution in [0.3, 0.4) is 0 Å². The second-order valence-corrected chi connectivity index (χ2v) is 5.95. The van der Waals surface area contributed by atoms with E-state index in [0.717, 1.165) is 56.3 Å². The lowest BCUT2D eigenvalue weighted by Crippen LogP contribution is -2.11. The van der Waals surface area contributed by atoms with Crippen LogP contribution in [0.1, 0.15) is 58.8 Å². The average molecular weight is 312 g/mol. The van der Waals surface area contributed by atoms with E-state index in [0.29, 0.717) is 0 Å². The highest BCUT2D eigenvalue weighted by Gasteiger charge is 2.11. The van der Waals surface area contributed by atoms with Crippen LogP contribution >= 0.6 is 0 Å². The van der Waals surface area contributed by atoms with Gasteiger partial charge in [-0.2, -0.15) is 0 Å². The van der Waals surface area contributed by atoms with Crippen LogP contribution < -0.4 is 0 Å². The Labute approximate surface area is 142 Å². The third-order valence-electron chi connectivity index (χ3n) is 3.89. The molecule has 0 saturated carbocycles. The van der Waals surface area contributed by atoms with Crippen molar-refractivity contribution in [3.05, 3.63) is 72.6 Å². The SMILES string of the molecule is C=C(CCC/C=C\C)OC(C/C=C\CC)C/C=C1\CC=CC1=C. The molecule has 1 aliphatic rings. The molecule has 0 aromatic carbocycles. The van der Waals surface area contributed by atoms with E-state index >= 15 is 0 Å². The molecule has 0 bridgehead atoms. The molecule has 1 atom stereocenters. The van der Waals surface area contributed by atoms with Gasteiger partial charge in [0.25, 0.3) is 0 Å². The van der Waals surface area contributed by atoms with Gasteiger partial charge in [-0.3, -0.25) is 0 Å². The van der Waals surface area contributed by atoms with Gasteiger partial charge in [-0.25, -0.2) is 0 Å². The molecule has 0 amide bonds. The summed E-state index contributed by atoms with van der Waals surface area (Å²) >= 11 is 0. The normalized spacial score (nSPS) is 17.7. The van der Waals surface area contributed by atoms with Gasteiger partial charge in [0.1, 0.15) is 6.10 Å². The van der Waals surface area contributed by atoms with Gasteiger partial charge in [0, 0.05) is 19.3 Å². The molecule has 0 aromatic heterocycles. The van der Waals surface area contributed by atoms with E-state index in [1.54, 1.807) is 0 Å². The van der Waals surface area contributed by atoms with Crippen molar-refractivity contribution in [2.24, 2.45) is 0 Å². The summed E-state index contributed by atoms with van der Waals surface area (Å²) < 4.78 is 6.11. The predicted molar refractivity (Wildman–Crippen MR) is 102 cm³/mol. The second-order valence-electron chi connectivity index (χ2n) is 5.95. The Hall–Kier alpha value is -1.76. The molecule has 0 heterocycles. The molecule has 1 aliphatic carbocycles. The topological polar surface area (TPSA) is 9.23 Å².